The van der Waals surface area contributed by atoms with Gasteiger partial charge in [-0.25, -0.2) is 0 Å². The fraction of sp³-hybridized carbons (Fsp3) is 0.933. The number of thioether (sulfide) groups is 1. The first-order valence-electron chi connectivity index (χ1n) is 7.32. The van der Waals surface area contributed by atoms with Crippen molar-refractivity contribution in [1.82, 2.24) is 0 Å². The van der Waals surface area contributed by atoms with Gasteiger partial charge in [0.15, 0.2) is 0 Å². The Morgan fingerprint density at radius 2 is 1.72 bits per heavy atom. The van der Waals surface area contributed by atoms with Crippen LogP contribution in [0.15, 0.2) is 0 Å². The van der Waals surface area contributed by atoms with Crippen LogP contribution in [0.2, 0.25) is 0 Å². The monoisotopic (exact) mass is 268 g/mol. The van der Waals surface area contributed by atoms with Gasteiger partial charge in [-0.1, -0.05) is 0 Å². The van der Waals surface area contributed by atoms with Crippen LogP contribution in [0.4, 0.5) is 0 Å². The molecule has 2 nitrogen and oxygen atoms in total. The highest BCUT2D eigenvalue weighted by molar-refractivity contribution is 7.98. The molecule has 0 unspecified atom stereocenters. The highest BCUT2D eigenvalue weighted by Crippen LogP contribution is 2.59. The highest BCUT2D eigenvalue weighted by atomic mass is 32.2. The zero-order valence-corrected chi connectivity index (χ0v) is 12.3. The summed E-state index contributed by atoms with van der Waals surface area (Å²) in [6.45, 7) is 2.22. The molecule has 0 aromatic carbocycles. The second-order valence-corrected chi connectivity index (χ2v) is 7.69. The van der Waals surface area contributed by atoms with Gasteiger partial charge in [-0.05, 0) is 69.0 Å². The summed E-state index contributed by atoms with van der Waals surface area (Å²) in [6, 6.07) is 0. The summed E-state index contributed by atoms with van der Waals surface area (Å²) in [4.78, 5) is 12.0. The Morgan fingerprint density at radius 3 is 2.22 bits per heavy atom. The topological polar surface area (TPSA) is 26.3 Å². The first-order chi connectivity index (χ1) is 8.61. The smallest absolute Gasteiger partial charge is 0.307 e. The summed E-state index contributed by atoms with van der Waals surface area (Å²) in [5.74, 6) is 4.07. The van der Waals surface area contributed by atoms with Gasteiger partial charge in [-0.15, -0.1) is 0 Å². The predicted molar refractivity (Wildman–Crippen MR) is 74.5 cm³/mol. The molecule has 3 heteroatoms. The lowest BCUT2D eigenvalue weighted by molar-refractivity contribution is -0.202. The first kappa shape index (κ1) is 12.8. The second-order valence-electron chi connectivity index (χ2n) is 6.71. The molecule has 0 aromatic heterocycles. The van der Waals surface area contributed by atoms with Gasteiger partial charge < -0.3 is 4.74 Å². The maximum atomic E-state index is 12.0. The molecule has 0 radical (unpaired) electrons. The van der Waals surface area contributed by atoms with Crippen molar-refractivity contribution < 1.29 is 9.53 Å². The molecular weight excluding hydrogens is 244 g/mol. The summed E-state index contributed by atoms with van der Waals surface area (Å²) in [5.41, 5.74) is -0.136. The standard InChI is InChI=1S/C15H24O2S/c1-15(17-14(16)3-4-18-2)12-6-10-5-11(8-12)9-13(15)7-10/h10-13H,3-9H2,1-2H3. The first-order valence-corrected chi connectivity index (χ1v) is 8.72. The minimum atomic E-state index is -0.136. The number of rotatable bonds is 4. The Kier molecular flexibility index (Phi) is 3.38. The Morgan fingerprint density at radius 1 is 1.17 bits per heavy atom. The molecule has 0 atom stereocenters. The van der Waals surface area contributed by atoms with E-state index in [4.69, 9.17) is 4.74 Å². The number of carbonyl (C=O) groups excluding carboxylic acids is 1. The van der Waals surface area contributed by atoms with E-state index in [1.165, 1.54) is 32.1 Å². The molecule has 4 aliphatic rings. The Balaban J connectivity index is 1.68. The quantitative estimate of drug-likeness (QED) is 0.730. The van der Waals surface area contributed by atoms with Crippen LogP contribution in [0.3, 0.4) is 0 Å². The van der Waals surface area contributed by atoms with Crippen molar-refractivity contribution in [2.24, 2.45) is 23.7 Å². The fourth-order valence-electron chi connectivity index (χ4n) is 4.77. The maximum Gasteiger partial charge on any atom is 0.307 e. The van der Waals surface area contributed by atoms with Crippen molar-refractivity contribution in [3.63, 3.8) is 0 Å². The molecule has 102 valence electrons. The number of hydrogen-bond acceptors (Lipinski definition) is 3. The number of hydrogen-bond donors (Lipinski definition) is 0. The predicted octanol–water partition coefficient (Wildman–Crippen LogP) is 3.50. The van der Waals surface area contributed by atoms with Gasteiger partial charge in [0, 0.05) is 5.75 Å². The third kappa shape index (κ3) is 2.09. The van der Waals surface area contributed by atoms with Crippen LogP contribution in [0.25, 0.3) is 0 Å². The lowest BCUT2D eigenvalue weighted by atomic mass is 9.50. The van der Waals surface area contributed by atoms with E-state index in [1.54, 1.807) is 11.8 Å². The van der Waals surface area contributed by atoms with Crippen LogP contribution in [0.5, 0.6) is 0 Å². The third-order valence-corrected chi connectivity index (χ3v) is 6.22. The summed E-state index contributed by atoms with van der Waals surface area (Å²) in [6.07, 6.45) is 9.28. The van der Waals surface area contributed by atoms with Crippen LogP contribution in [-0.2, 0) is 9.53 Å². The van der Waals surface area contributed by atoms with Crippen molar-refractivity contribution in [3.05, 3.63) is 0 Å². The van der Waals surface area contributed by atoms with Gasteiger partial charge in [0.25, 0.3) is 0 Å². The highest BCUT2D eigenvalue weighted by Gasteiger charge is 2.56. The maximum absolute atomic E-state index is 12.0. The van der Waals surface area contributed by atoms with E-state index >= 15 is 0 Å². The number of ether oxygens (including phenoxy) is 1. The molecule has 0 spiro atoms. The largest absolute Gasteiger partial charge is 0.459 e. The lowest BCUT2D eigenvalue weighted by Gasteiger charge is -2.59. The van der Waals surface area contributed by atoms with E-state index in [-0.39, 0.29) is 11.6 Å². The molecule has 0 aliphatic heterocycles. The van der Waals surface area contributed by atoms with Crippen molar-refractivity contribution in [2.45, 2.75) is 51.0 Å². The molecule has 4 aliphatic carbocycles. The molecule has 0 saturated heterocycles. The Labute approximate surface area is 114 Å². The minimum Gasteiger partial charge on any atom is -0.459 e. The van der Waals surface area contributed by atoms with Crippen LogP contribution in [0, 0.1) is 23.7 Å². The van der Waals surface area contributed by atoms with Crippen LogP contribution >= 0.6 is 11.8 Å². The molecule has 4 saturated carbocycles. The van der Waals surface area contributed by atoms with Crippen molar-refractivity contribution in [2.75, 3.05) is 12.0 Å². The van der Waals surface area contributed by atoms with Crippen molar-refractivity contribution in [1.29, 1.82) is 0 Å². The van der Waals surface area contributed by atoms with Crippen LogP contribution in [0.1, 0.15) is 45.4 Å². The van der Waals surface area contributed by atoms with Gasteiger partial charge in [0.1, 0.15) is 5.60 Å². The SMILES string of the molecule is CSCCC(=O)OC1(C)C2CC3CC(C2)CC1C3. The van der Waals surface area contributed by atoms with Gasteiger partial charge in [-0.3, -0.25) is 4.79 Å². The molecule has 0 aromatic rings. The number of carbonyl (C=O) groups is 1. The molecule has 4 rings (SSSR count). The summed E-state index contributed by atoms with van der Waals surface area (Å²) in [7, 11) is 0. The Hall–Kier alpha value is -0.180. The van der Waals surface area contributed by atoms with E-state index in [2.05, 4.69) is 6.92 Å². The molecule has 0 amide bonds. The lowest BCUT2D eigenvalue weighted by Crippen LogP contribution is -2.58. The molecule has 18 heavy (non-hydrogen) atoms. The van der Waals surface area contributed by atoms with E-state index in [0.29, 0.717) is 18.3 Å². The zero-order valence-electron chi connectivity index (χ0n) is 11.5. The van der Waals surface area contributed by atoms with Gasteiger partial charge >= 0.3 is 5.97 Å². The van der Waals surface area contributed by atoms with Gasteiger partial charge in [0.05, 0.1) is 6.42 Å². The van der Waals surface area contributed by atoms with E-state index in [1.807, 2.05) is 6.26 Å². The van der Waals surface area contributed by atoms with Crippen molar-refractivity contribution in [3.8, 4) is 0 Å². The summed E-state index contributed by atoms with van der Waals surface area (Å²) < 4.78 is 5.96. The third-order valence-electron chi connectivity index (χ3n) is 5.60. The molecule has 4 fully saturated rings. The van der Waals surface area contributed by atoms with E-state index in [9.17, 15) is 4.79 Å². The molecule has 0 heterocycles. The molecular formula is C15H24O2S. The summed E-state index contributed by atoms with van der Waals surface area (Å²) >= 11 is 1.72. The molecule has 4 bridgehead atoms. The van der Waals surface area contributed by atoms with Crippen LogP contribution in [-0.4, -0.2) is 23.6 Å². The average Bonchev–Trinajstić information content (AvgIpc) is 2.33. The average molecular weight is 268 g/mol. The van der Waals surface area contributed by atoms with Gasteiger partial charge in [0.2, 0.25) is 0 Å². The summed E-state index contributed by atoms with van der Waals surface area (Å²) in [5, 5.41) is 0. The van der Waals surface area contributed by atoms with E-state index < -0.39 is 0 Å². The van der Waals surface area contributed by atoms with Crippen LogP contribution < -0.4 is 0 Å². The minimum absolute atomic E-state index is 0.0272. The fourth-order valence-corrected chi connectivity index (χ4v) is 5.14. The zero-order chi connectivity index (χ0) is 12.8. The van der Waals surface area contributed by atoms with Gasteiger partial charge in [-0.2, -0.15) is 11.8 Å². The van der Waals surface area contributed by atoms with Crippen molar-refractivity contribution >= 4 is 17.7 Å². The molecule has 0 N–H and O–H groups in total. The Bertz CT molecular complexity index is 311. The second kappa shape index (κ2) is 4.73. The van der Waals surface area contributed by atoms with E-state index in [0.717, 1.165) is 17.6 Å². The number of esters is 1. The normalized spacial score (nSPS) is 45.2.